The van der Waals surface area contributed by atoms with E-state index < -0.39 is 19.2 Å². The first-order valence-corrected chi connectivity index (χ1v) is 45.9. The molecule has 2 aliphatic heterocycles. The van der Waals surface area contributed by atoms with Gasteiger partial charge in [-0.3, -0.25) is 47.2 Å². The van der Waals surface area contributed by atoms with Gasteiger partial charge in [0.15, 0.2) is 0 Å². The normalized spacial score (nSPS) is 14.0. The number of aromatic nitrogens is 12. The Morgan fingerprint density at radius 3 is 1.38 bits per heavy atom. The van der Waals surface area contributed by atoms with Crippen molar-refractivity contribution in [2.24, 2.45) is 0 Å². The number of rotatable bonds is 21. The Labute approximate surface area is 913 Å². The number of anilines is 2. The molecule has 0 radical (unpaired) electrons. The third kappa shape index (κ3) is 54.8. The molecule has 8 heterocycles. The second kappa shape index (κ2) is 74.4. The van der Waals surface area contributed by atoms with E-state index in [2.05, 4.69) is 157 Å². The van der Waals surface area contributed by atoms with Crippen molar-refractivity contribution in [2.45, 2.75) is 123 Å². The van der Waals surface area contributed by atoms with Gasteiger partial charge < -0.3 is 65.2 Å². The van der Waals surface area contributed by atoms with Crippen molar-refractivity contribution < 1.29 is 218 Å². The smallest absolute Gasteiger partial charge is 1.00 e. The van der Waals surface area contributed by atoms with Gasteiger partial charge in [0.2, 0.25) is 9.05 Å². The number of esters is 2. The van der Waals surface area contributed by atoms with E-state index in [0.717, 1.165) is 84.2 Å². The van der Waals surface area contributed by atoms with E-state index in [1.807, 2.05) is 152 Å². The van der Waals surface area contributed by atoms with Crippen LogP contribution in [-0.4, -0.2) is 198 Å². The standard InChI is InChI=1S/C23H23Cl2N5.C17H15Cl2N3.C8H12N2O2.C7H12N2O3S.C6H9IN2.C6H10N2O.C5H9BrO2.C3H4N2.C3H5N.CH3ClO2S.CH2O3.CH4.HI.2K.Na.H/c1-17(30-10-2-9-27-30)15-28-11-12-29(22-8-3-18(14-26)13-21(22)25)23(16-28)19-4-6-20(24)7-5-19;18-14-4-2-13(3-5-14)17-11-21-7-8-22(17)16-6-1-12(10-20)9-15(16)19;1-3-12-8(11)7(2)10-6-4-5-9-10;1-7(6-12-13(2,10)11)9-5-3-4-8-9;1-6(5-7)9-4-2-3-8-9;1-6(5-9)8-4-2-3-7-8;1-3-8-5(7)4(2)6;1-2-4-5-3-1;1-2-3-4;1-5(2,3)4;2-1-4-3;;;;;;/h2-10,13,17,23H,11-12,15-16H2,1H3;1-6,9,17,21H,7-8,11H2;4-7H,3H2,1-2H3;3-5,7H,6H2,1-2H3;2-4,6H,5H2,1H3;2-4,6,9H,5H2,1H3;4H,3H2,1-2H3;1-3H,(H,4,5);2H2,1H3;1H3;1,3H;1H4;1H;;;;/q;;;;;;;;;;;;;3*+1;-1/p-2. The number of benzene rings is 4. The fourth-order valence-electron chi connectivity index (χ4n) is 10.3. The number of aliphatic hydroxyl groups is 1. The van der Waals surface area contributed by atoms with Crippen molar-refractivity contribution in [2.75, 3.05) is 99.0 Å². The topological polar surface area (TPSA) is 411 Å². The average molecular weight is 2230 g/mol. The van der Waals surface area contributed by atoms with Crippen LogP contribution in [0.3, 0.4) is 0 Å². The Hall–Kier alpha value is -4.02. The number of carbonyl (C=O) groups is 3. The van der Waals surface area contributed by atoms with Crippen LogP contribution in [0.1, 0.15) is 142 Å². The summed E-state index contributed by atoms with van der Waals surface area (Å²) < 4.78 is 64.2. The molecule has 0 bridgehead atoms. The first-order chi connectivity index (χ1) is 57.7. The van der Waals surface area contributed by atoms with Crippen LogP contribution in [0, 0.1) is 34.0 Å². The van der Waals surface area contributed by atoms with E-state index in [9.17, 15) is 26.4 Å². The molecule has 2 saturated heterocycles. The molecule has 2 aliphatic rings. The summed E-state index contributed by atoms with van der Waals surface area (Å²) >= 11 is 30.5. The van der Waals surface area contributed by atoms with Crippen LogP contribution in [0.5, 0.6) is 0 Å². The van der Waals surface area contributed by atoms with Crippen molar-refractivity contribution >= 4 is 145 Å². The summed E-state index contributed by atoms with van der Waals surface area (Å²) in [7, 11) is -2.04. The Morgan fingerprint density at radius 2 is 1.05 bits per heavy atom. The molecular weight excluding hydrogens is 2120 g/mol. The van der Waals surface area contributed by atoms with Crippen molar-refractivity contribution in [3.8, 4) is 18.2 Å². The van der Waals surface area contributed by atoms with Gasteiger partial charge in [-0.05, 0) is 164 Å². The molecule has 0 amide bonds. The van der Waals surface area contributed by atoms with Crippen LogP contribution >= 0.6 is 95.6 Å². The molecule has 0 aliphatic carbocycles. The fraction of sp³-hybridized carbons (Fsp3) is 0.407. The second-order valence-electron chi connectivity index (χ2n) is 25.6. The molecule has 6 aromatic heterocycles. The summed E-state index contributed by atoms with van der Waals surface area (Å²) in [5.41, 5.74) is 5.44. The Kier molecular flexibility index (Phi) is 75.8. The number of nitrogens with zero attached hydrogens (tertiary/aromatic N) is 17. The minimum Gasteiger partial charge on any atom is -1.00 e. The third-order valence-corrected chi connectivity index (χ3v) is 19.5. The second-order valence-corrected chi connectivity index (χ2v) is 34.3. The van der Waals surface area contributed by atoms with Crippen LogP contribution in [0.25, 0.3) is 0 Å². The predicted octanol–water partition coefficient (Wildman–Crippen LogP) is 2.99. The Bertz CT molecular complexity index is 4770. The molecule has 12 rings (SSSR count). The summed E-state index contributed by atoms with van der Waals surface area (Å²) in [4.78, 5) is 39.8. The minimum absolute atomic E-state index is 0. The maximum absolute atomic E-state index is 11.2. The van der Waals surface area contributed by atoms with Crippen LogP contribution in [0.2, 0.25) is 20.1 Å². The van der Waals surface area contributed by atoms with Gasteiger partial charge in [0.1, 0.15) is 10.9 Å². The number of carbonyl (C=O) groups excluding carboxylic acids is 3. The van der Waals surface area contributed by atoms with E-state index in [4.69, 9.17) is 82.1 Å². The number of H-pyrrole nitrogens is 1. The minimum atomic E-state index is -3.35. The zero-order chi connectivity index (χ0) is 90.3. The van der Waals surface area contributed by atoms with E-state index in [0.29, 0.717) is 46.8 Å². The van der Waals surface area contributed by atoms with E-state index >= 15 is 0 Å². The molecule has 2 fully saturated rings. The maximum Gasteiger partial charge on any atom is 1.00 e. The van der Waals surface area contributed by atoms with Crippen molar-refractivity contribution in [1.29, 1.82) is 15.8 Å². The number of hydrogen-bond acceptors (Lipinski definition) is 26. The number of alkyl halides is 2. The number of nitrogens with one attached hydrogen (secondary N) is 2. The SMILES string of the molecule is C.CC(CI)n1cccn1.CC(CN1CCN(c2ccc(C#N)cc2Cl)C(c2ccc(Cl)cc2)C1)n1cccn1.CC(CO)n1cccn1.CC(COS(C)(=O)=O)n1cccn1.CCC#N.CCOC(=O)C(C)Br.CCOC(=O)C(C)n1cccn1.CS(=O)(=O)Cl.N#Cc1ccc(N2CCNCC2c2ccc(Cl)cc2)c(Cl)c1.O=CO[O-].[H-].[I-].[K+].[K+].[Na+].c1cn[nH]c1. The molecule has 126 heavy (non-hydrogen) atoms. The van der Waals surface area contributed by atoms with Gasteiger partial charge in [0.25, 0.3) is 16.6 Å². The van der Waals surface area contributed by atoms with E-state index in [1.165, 1.54) is 11.1 Å². The van der Waals surface area contributed by atoms with Crippen molar-refractivity contribution in [3.63, 3.8) is 0 Å². The van der Waals surface area contributed by atoms with Crippen LogP contribution in [0.4, 0.5) is 11.4 Å². The maximum atomic E-state index is 11.2. The number of nitriles is 3. The third-order valence-electron chi connectivity index (χ3n) is 16.2. The van der Waals surface area contributed by atoms with Crippen molar-refractivity contribution in [1.82, 2.24) is 69.3 Å². The number of aliphatic hydroxyl groups excluding tert-OH is 1. The molecule has 0 saturated carbocycles. The van der Waals surface area contributed by atoms with Gasteiger partial charge >= 0.3 is 144 Å². The van der Waals surface area contributed by atoms with Gasteiger partial charge in [-0.15, -0.1) is 0 Å². The Morgan fingerprint density at radius 1 is 0.643 bits per heavy atom. The number of aromatic amines is 1. The van der Waals surface area contributed by atoms with Gasteiger partial charge in [0, 0.05) is 152 Å². The first-order valence-electron chi connectivity index (χ1n) is 37.4. The fourth-order valence-corrected chi connectivity index (χ4v) is 12.1. The molecule has 45 heteroatoms. The number of hydrogen-bond donors (Lipinski definition) is 3. The monoisotopic (exact) mass is 2230 g/mol. The summed E-state index contributed by atoms with van der Waals surface area (Å²) in [5.74, 6) is -0.450. The van der Waals surface area contributed by atoms with Crippen LogP contribution in [0.15, 0.2) is 196 Å². The number of ether oxygens (including phenoxy) is 2. The Balaban J connectivity index is -0.000000456. The summed E-state index contributed by atoms with van der Waals surface area (Å²) in [6.45, 7) is 24.0. The molecule has 676 valence electrons. The number of piperazine rings is 2. The molecule has 4 aromatic carbocycles. The molecule has 8 unspecified atom stereocenters. The molecule has 8 atom stereocenters. The largest absolute Gasteiger partial charge is 1.00 e. The molecule has 10 aromatic rings. The number of halogens is 8. The average Bonchev–Trinajstić information content (AvgIpc) is 1.44. The first kappa shape index (κ1) is 128. The predicted molar refractivity (Wildman–Crippen MR) is 488 cm³/mol. The molecule has 0 spiro atoms. The van der Waals surface area contributed by atoms with Gasteiger partial charge in [-0.1, -0.05) is 124 Å². The quantitative estimate of drug-likeness (QED) is 0.0107. The van der Waals surface area contributed by atoms with Gasteiger partial charge in [-0.25, -0.2) is 13.2 Å². The summed E-state index contributed by atoms with van der Waals surface area (Å²) in [6, 6.07) is 45.0. The van der Waals surface area contributed by atoms with Gasteiger partial charge in [-0.2, -0.15) is 54.8 Å². The zero-order valence-electron chi connectivity index (χ0n) is 73.2. The van der Waals surface area contributed by atoms with Crippen LogP contribution < -0.4 is 177 Å². The zero-order valence-corrected chi connectivity index (χ0v) is 91.7. The molecule has 3 N–H and O–H groups in total. The summed E-state index contributed by atoms with van der Waals surface area (Å²) in [6.07, 6.45) is 24.0. The van der Waals surface area contributed by atoms with Gasteiger partial charge in [0.05, 0.1) is 126 Å². The molecule has 32 nitrogen and oxygen atoms in total. The summed E-state index contributed by atoms with van der Waals surface area (Å²) in [5, 5.41) is 75.5. The van der Waals surface area contributed by atoms with Crippen LogP contribution in [-0.2, 0) is 52.1 Å². The van der Waals surface area contributed by atoms with E-state index in [-0.39, 0.29) is 238 Å². The van der Waals surface area contributed by atoms with E-state index in [1.54, 1.807) is 109 Å². The van der Waals surface area contributed by atoms with Crippen molar-refractivity contribution in [3.05, 3.63) is 238 Å². The molecular formula is C81H108BrCl5I2K2N19NaO13S2.